The van der Waals surface area contributed by atoms with Crippen molar-refractivity contribution < 1.29 is 14.2 Å². The van der Waals surface area contributed by atoms with Crippen LogP contribution in [0.2, 0.25) is 0 Å². The van der Waals surface area contributed by atoms with Crippen LogP contribution in [0.3, 0.4) is 0 Å². The molecule has 100 valence electrons. The molecule has 3 aromatic rings. The minimum Gasteiger partial charge on any atom is -0.508 e. The van der Waals surface area contributed by atoms with Crippen LogP contribution in [-0.4, -0.2) is 10.1 Å². The molecule has 0 spiro atoms. The van der Waals surface area contributed by atoms with Crippen LogP contribution in [0.1, 0.15) is 5.69 Å². The van der Waals surface area contributed by atoms with Crippen molar-refractivity contribution in [2.45, 2.75) is 6.61 Å². The average molecular weight is 269 g/mol. The molecule has 0 saturated carbocycles. The molecule has 3 rings (SSSR count). The smallest absolute Gasteiger partial charge is 0.130 e. The zero-order valence-corrected chi connectivity index (χ0v) is 10.6. The summed E-state index contributed by atoms with van der Waals surface area (Å²) in [6.45, 7) is 0.288. The first kappa shape index (κ1) is 12.4. The zero-order chi connectivity index (χ0) is 13.9. The van der Waals surface area contributed by atoms with Crippen LogP contribution < -0.4 is 4.74 Å². The van der Waals surface area contributed by atoms with Crippen LogP contribution >= 0.6 is 0 Å². The molecule has 0 bridgehead atoms. The molecule has 20 heavy (non-hydrogen) atoms. The minimum atomic E-state index is -0.275. The van der Waals surface area contributed by atoms with Gasteiger partial charge in [-0.1, -0.05) is 12.1 Å². The third-order valence-electron chi connectivity index (χ3n) is 2.91. The standard InChI is InChI=1S/C16H12FNO2/c17-12-5-7-16-11(8-12)4-6-13(18-16)10-20-15-3-1-2-14(19)9-15/h1-9,19H,10H2. The molecule has 2 aromatic carbocycles. The summed E-state index contributed by atoms with van der Waals surface area (Å²) >= 11 is 0. The van der Waals surface area contributed by atoms with Gasteiger partial charge < -0.3 is 9.84 Å². The molecule has 0 radical (unpaired) electrons. The van der Waals surface area contributed by atoms with E-state index in [0.29, 0.717) is 5.75 Å². The molecule has 0 aliphatic carbocycles. The van der Waals surface area contributed by atoms with E-state index in [1.807, 2.05) is 6.07 Å². The van der Waals surface area contributed by atoms with Crippen LogP contribution in [-0.2, 0) is 6.61 Å². The van der Waals surface area contributed by atoms with E-state index < -0.39 is 0 Å². The van der Waals surface area contributed by atoms with E-state index in [1.165, 1.54) is 18.2 Å². The van der Waals surface area contributed by atoms with Crippen LogP contribution in [0.15, 0.2) is 54.6 Å². The molecule has 0 amide bonds. The van der Waals surface area contributed by atoms with E-state index in [2.05, 4.69) is 4.98 Å². The largest absolute Gasteiger partial charge is 0.508 e. The lowest BCUT2D eigenvalue weighted by molar-refractivity contribution is 0.300. The summed E-state index contributed by atoms with van der Waals surface area (Å²) in [5.41, 5.74) is 1.47. The summed E-state index contributed by atoms with van der Waals surface area (Å²) in [5, 5.41) is 10.1. The molecule has 1 aromatic heterocycles. The molecule has 4 heteroatoms. The molecule has 3 nitrogen and oxygen atoms in total. The van der Waals surface area contributed by atoms with E-state index in [4.69, 9.17) is 4.74 Å². The lowest BCUT2D eigenvalue weighted by atomic mass is 10.2. The predicted molar refractivity (Wildman–Crippen MR) is 74.1 cm³/mol. The summed E-state index contributed by atoms with van der Waals surface area (Å²) in [6.07, 6.45) is 0. The summed E-state index contributed by atoms with van der Waals surface area (Å²) in [4.78, 5) is 4.40. The van der Waals surface area contributed by atoms with Gasteiger partial charge >= 0.3 is 0 Å². The van der Waals surface area contributed by atoms with E-state index in [1.54, 1.807) is 30.3 Å². The number of hydrogen-bond acceptors (Lipinski definition) is 3. The van der Waals surface area contributed by atoms with E-state index >= 15 is 0 Å². The maximum atomic E-state index is 13.1. The number of pyridine rings is 1. The van der Waals surface area contributed by atoms with Crippen molar-refractivity contribution in [2.24, 2.45) is 0 Å². The Morgan fingerprint density at radius 3 is 2.80 bits per heavy atom. The lowest BCUT2D eigenvalue weighted by Crippen LogP contribution is -1.98. The third-order valence-corrected chi connectivity index (χ3v) is 2.91. The SMILES string of the molecule is Oc1cccc(OCc2ccc3cc(F)ccc3n2)c1. The zero-order valence-electron chi connectivity index (χ0n) is 10.6. The molecule has 0 aliphatic heterocycles. The van der Waals surface area contributed by atoms with Gasteiger partial charge in [0.15, 0.2) is 0 Å². The highest BCUT2D eigenvalue weighted by Crippen LogP contribution is 2.19. The van der Waals surface area contributed by atoms with E-state index in [-0.39, 0.29) is 18.2 Å². The minimum absolute atomic E-state index is 0.157. The molecule has 0 atom stereocenters. The fourth-order valence-electron chi connectivity index (χ4n) is 1.95. The maximum Gasteiger partial charge on any atom is 0.130 e. The van der Waals surface area contributed by atoms with Crippen molar-refractivity contribution in [2.75, 3.05) is 0 Å². The van der Waals surface area contributed by atoms with Gasteiger partial charge in [-0.2, -0.15) is 0 Å². The summed E-state index contributed by atoms with van der Waals surface area (Å²) < 4.78 is 18.6. The first-order valence-electron chi connectivity index (χ1n) is 6.18. The Bertz CT molecular complexity index is 758. The van der Waals surface area contributed by atoms with Crippen LogP contribution in [0.4, 0.5) is 4.39 Å². The second kappa shape index (κ2) is 5.17. The Kier molecular flexibility index (Phi) is 3.21. The van der Waals surface area contributed by atoms with Gasteiger partial charge in [0.05, 0.1) is 11.2 Å². The summed E-state index contributed by atoms with van der Waals surface area (Å²) in [7, 11) is 0. The van der Waals surface area contributed by atoms with Gasteiger partial charge in [-0.15, -0.1) is 0 Å². The summed E-state index contributed by atoms with van der Waals surface area (Å²) in [5.74, 6) is 0.457. The van der Waals surface area contributed by atoms with E-state index in [9.17, 15) is 9.50 Å². The normalized spacial score (nSPS) is 10.7. The van der Waals surface area contributed by atoms with Crippen LogP contribution in [0, 0.1) is 5.82 Å². The highest BCUT2D eigenvalue weighted by Gasteiger charge is 2.02. The van der Waals surface area contributed by atoms with Crippen molar-refractivity contribution in [1.82, 2.24) is 4.98 Å². The van der Waals surface area contributed by atoms with Crippen molar-refractivity contribution >= 4 is 10.9 Å². The van der Waals surface area contributed by atoms with Crippen LogP contribution in [0.5, 0.6) is 11.5 Å². The van der Waals surface area contributed by atoms with Crippen molar-refractivity contribution in [1.29, 1.82) is 0 Å². The fourth-order valence-corrected chi connectivity index (χ4v) is 1.95. The first-order valence-corrected chi connectivity index (χ1v) is 6.18. The molecule has 0 unspecified atom stereocenters. The summed E-state index contributed by atoms with van der Waals surface area (Å²) in [6, 6.07) is 14.7. The molecule has 0 aliphatic rings. The fraction of sp³-hybridized carbons (Fsp3) is 0.0625. The molecule has 1 N–H and O–H groups in total. The van der Waals surface area contributed by atoms with Gasteiger partial charge in [0, 0.05) is 11.5 Å². The molecule has 0 fully saturated rings. The van der Waals surface area contributed by atoms with Gasteiger partial charge in [0.1, 0.15) is 23.9 Å². The van der Waals surface area contributed by atoms with Crippen molar-refractivity contribution in [3.8, 4) is 11.5 Å². The van der Waals surface area contributed by atoms with Gasteiger partial charge in [0.25, 0.3) is 0 Å². The van der Waals surface area contributed by atoms with Gasteiger partial charge in [-0.3, -0.25) is 0 Å². The van der Waals surface area contributed by atoms with Crippen molar-refractivity contribution in [3.63, 3.8) is 0 Å². The monoisotopic (exact) mass is 269 g/mol. The second-order valence-corrected chi connectivity index (χ2v) is 4.43. The highest BCUT2D eigenvalue weighted by atomic mass is 19.1. The number of ether oxygens (including phenoxy) is 1. The Morgan fingerprint density at radius 2 is 1.95 bits per heavy atom. The third kappa shape index (κ3) is 2.69. The number of phenolic OH excluding ortho intramolecular Hbond substituents is 1. The number of phenols is 1. The van der Waals surface area contributed by atoms with Crippen LogP contribution in [0.25, 0.3) is 10.9 Å². The highest BCUT2D eigenvalue weighted by molar-refractivity contribution is 5.78. The topological polar surface area (TPSA) is 42.4 Å². The number of aromatic hydroxyl groups is 1. The number of hydrogen-bond donors (Lipinski definition) is 1. The average Bonchev–Trinajstić information content (AvgIpc) is 2.45. The van der Waals surface area contributed by atoms with E-state index in [0.717, 1.165) is 16.6 Å². The number of rotatable bonds is 3. The number of aromatic nitrogens is 1. The Hall–Kier alpha value is -2.62. The van der Waals surface area contributed by atoms with Gasteiger partial charge in [-0.25, -0.2) is 9.37 Å². The second-order valence-electron chi connectivity index (χ2n) is 4.43. The van der Waals surface area contributed by atoms with Gasteiger partial charge in [0.2, 0.25) is 0 Å². The van der Waals surface area contributed by atoms with Gasteiger partial charge in [-0.05, 0) is 36.4 Å². The lowest BCUT2D eigenvalue weighted by Gasteiger charge is -2.07. The first-order chi connectivity index (χ1) is 9.70. The number of fused-ring (bicyclic) bond motifs is 1. The number of benzene rings is 2. The predicted octanol–water partition coefficient (Wildman–Crippen LogP) is 3.66. The Morgan fingerprint density at radius 1 is 1.05 bits per heavy atom. The molecular formula is C16H12FNO2. The Balaban J connectivity index is 1.79. The molecule has 1 heterocycles. The quantitative estimate of drug-likeness (QED) is 0.789. The Labute approximate surface area is 115 Å². The molecular weight excluding hydrogens is 257 g/mol. The molecule has 0 saturated heterocycles. The maximum absolute atomic E-state index is 13.1. The van der Waals surface area contributed by atoms with Crippen molar-refractivity contribution in [3.05, 3.63) is 66.1 Å². The number of nitrogens with zero attached hydrogens (tertiary/aromatic N) is 1. The number of halogens is 1.